The lowest BCUT2D eigenvalue weighted by atomic mass is 9.91. The van der Waals surface area contributed by atoms with E-state index in [1.54, 1.807) is 12.1 Å². The third-order valence-corrected chi connectivity index (χ3v) is 7.31. The van der Waals surface area contributed by atoms with Crippen LogP contribution >= 0.6 is 0 Å². The number of nitrogens with zero attached hydrogens (tertiary/aromatic N) is 1. The Hall–Kier alpha value is -4.66. The van der Waals surface area contributed by atoms with Gasteiger partial charge in [-0.25, -0.2) is 9.18 Å². The number of para-hydroxylation sites is 1. The van der Waals surface area contributed by atoms with E-state index in [1.807, 2.05) is 54.7 Å². The molecular weight excluding hydrogens is 511 g/mol. The minimum Gasteiger partial charge on any atom is -0.442 e. The Morgan fingerprint density at radius 1 is 1.15 bits per heavy atom. The first-order valence-electron chi connectivity index (χ1n) is 13.2. The molecule has 0 saturated carbocycles. The zero-order valence-corrected chi connectivity index (χ0v) is 22.2. The fourth-order valence-corrected chi connectivity index (χ4v) is 5.10. The van der Waals surface area contributed by atoms with Crippen molar-refractivity contribution < 1.29 is 23.5 Å². The highest BCUT2D eigenvalue weighted by Gasteiger charge is 2.32. The molecule has 3 aromatic carbocycles. The van der Waals surface area contributed by atoms with E-state index in [4.69, 9.17) is 10.5 Å². The van der Waals surface area contributed by atoms with Gasteiger partial charge in [0.05, 0.1) is 18.8 Å². The quantitative estimate of drug-likeness (QED) is 0.269. The van der Waals surface area contributed by atoms with E-state index in [9.17, 15) is 14.4 Å². The van der Waals surface area contributed by atoms with Crippen LogP contribution in [0.2, 0.25) is 0 Å². The maximum Gasteiger partial charge on any atom is 0.414 e. The first-order valence-corrected chi connectivity index (χ1v) is 13.2. The van der Waals surface area contributed by atoms with Crippen LogP contribution in [0.25, 0.3) is 22.0 Å². The number of nitrogens with two attached hydrogens (primary N) is 1. The summed E-state index contributed by atoms with van der Waals surface area (Å²) >= 11 is 0. The molecule has 1 aromatic heterocycles. The molecule has 40 heavy (non-hydrogen) atoms. The lowest BCUT2D eigenvalue weighted by molar-refractivity contribution is -0.122. The number of primary amides is 1. The SMILES string of the molecule is CC(=O)NC[C@H]1CN(c2ccc(-c3ccc(CC[C@@H](Cc4c[nH]c5ccccc45)C(N)=O)cc3)c(F)c2)C(=O)O1. The van der Waals surface area contributed by atoms with Gasteiger partial charge in [-0.3, -0.25) is 14.5 Å². The number of ether oxygens (including phenoxy) is 1. The Morgan fingerprint density at radius 3 is 2.65 bits per heavy atom. The molecule has 0 aliphatic carbocycles. The van der Waals surface area contributed by atoms with Crippen molar-refractivity contribution in [1.82, 2.24) is 10.3 Å². The summed E-state index contributed by atoms with van der Waals surface area (Å²) in [5, 5.41) is 3.72. The van der Waals surface area contributed by atoms with Crippen LogP contribution in [0, 0.1) is 11.7 Å². The number of aryl methyl sites for hydroxylation is 1. The number of nitrogens with one attached hydrogen (secondary N) is 2. The van der Waals surface area contributed by atoms with Gasteiger partial charge in [0.15, 0.2) is 0 Å². The van der Waals surface area contributed by atoms with Crippen LogP contribution < -0.4 is 16.0 Å². The molecule has 0 unspecified atom stereocenters. The first-order chi connectivity index (χ1) is 19.3. The van der Waals surface area contributed by atoms with Crippen LogP contribution in [0.15, 0.2) is 72.9 Å². The largest absolute Gasteiger partial charge is 0.442 e. The number of aromatic amines is 1. The smallest absolute Gasteiger partial charge is 0.414 e. The zero-order chi connectivity index (χ0) is 28.2. The van der Waals surface area contributed by atoms with Crippen LogP contribution in [0.1, 0.15) is 24.5 Å². The standard InChI is InChI=1S/C31H31FN4O4/c1-19(37)34-17-25-18-36(31(39)40-25)24-12-13-26(28(32)15-24)21-9-6-20(7-10-21)8-11-22(30(33)38)14-23-16-35-29-5-3-2-4-27(23)29/h2-7,9-10,12-13,15-16,22,25,35H,8,11,14,17-18H2,1H3,(H2,33,38)(H,34,37)/t22-,25-/m0/s1. The molecule has 1 saturated heterocycles. The number of aromatic nitrogens is 1. The molecule has 4 aromatic rings. The highest BCUT2D eigenvalue weighted by Crippen LogP contribution is 2.30. The molecule has 0 bridgehead atoms. The van der Waals surface area contributed by atoms with Crippen molar-refractivity contribution >= 4 is 34.5 Å². The van der Waals surface area contributed by atoms with E-state index >= 15 is 4.39 Å². The molecular formula is C31H31FN4O4. The van der Waals surface area contributed by atoms with Gasteiger partial charge in [0, 0.05) is 35.5 Å². The van der Waals surface area contributed by atoms with Gasteiger partial charge in [-0.15, -0.1) is 0 Å². The summed E-state index contributed by atoms with van der Waals surface area (Å²) in [4.78, 5) is 40.2. The number of rotatable bonds is 10. The fraction of sp³-hybridized carbons (Fsp3) is 0.258. The number of carbonyl (C=O) groups excluding carboxylic acids is 3. The Balaban J connectivity index is 1.22. The predicted octanol–water partition coefficient (Wildman–Crippen LogP) is 4.71. The van der Waals surface area contributed by atoms with Crippen molar-refractivity contribution in [2.24, 2.45) is 11.7 Å². The van der Waals surface area contributed by atoms with Crippen molar-refractivity contribution in [3.63, 3.8) is 0 Å². The first kappa shape index (κ1) is 26.9. The molecule has 206 valence electrons. The highest BCUT2D eigenvalue weighted by atomic mass is 19.1. The van der Waals surface area contributed by atoms with E-state index in [1.165, 1.54) is 17.9 Å². The summed E-state index contributed by atoms with van der Waals surface area (Å²) < 4.78 is 20.4. The van der Waals surface area contributed by atoms with Gasteiger partial charge in [0.1, 0.15) is 11.9 Å². The topological polar surface area (TPSA) is 118 Å². The van der Waals surface area contributed by atoms with Gasteiger partial charge >= 0.3 is 6.09 Å². The van der Waals surface area contributed by atoms with Crippen LogP contribution in [0.3, 0.4) is 0 Å². The van der Waals surface area contributed by atoms with Crippen molar-refractivity contribution in [2.45, 2.75) is 32.3 Å². The second kappa shape index (κ2) is 11.6. The summed E-state index contributed by atoms with van der Waals surface area (Å²) in [5.41, 5.74) is 10.4. The minimum atomic E-state index is -0.578. The molecule has 8 nitrogen and oxygen atoms in total. The van der Waals surface area contributed by atoms with Crippen molar-refractivity contribution in [1.29, 1.82) is 0 Å². The van der Waals surface area contributed by atoms with E-state index in [0.717, 1.165) is 22.0 Å². The summed E-state index contributed by atoms with van der Waals surface area (Å²) in [5.74, 6) is -1.31. The van der Waals surface area contributed by atoms with Gasteiger partial charge in [-0.2, -0.15) is 0 Å². The molecule has 1 fully saturated rings. The molecule has 3 amide bonds. The molecule has 9 heteroatoms. The summed E-state index contributed by atoms with van der Waals surface area (Å²) in [6.07, 6.45) is 2.69. The van der Waals surface area contributed by atoms with Crippen LogP contribution in [0.5, 0.6) is 0 Å². The van der Waals surface area contributed by atoms with Crippen molar-refractivity contribution in [2.75, 3.05) is 18.0 Å². The molecule has 2 heterocycles. The molecule has 1 aliphatic rings. The Bertz CT molecular complexity index is 1550. The molecule has 0 radical (unpaired) electrons. The van der Waals surface area contributed by atoms with Gasteiger partial charge in [-0.05, 0) is 60.2 Å². The molecule has 4 N–H and O–H groups in total. The molecule has 0 spiro atoms. The number of H-pyrrole nitrogens is 1. The zero-order valence-electron chi connectivity index (χ0n) is 22.2. The minimum absolute atomic E-state index is 0.202. The third-order valence-electron chi connectivity index (χ3n) is 7.31. The lowest BCUT2D eigenvalue weighted by Crippen LogP contribution is -2.33. The summed E-state index contributed by atoms with van der Waals surface area (Å²) in [6, 6.07) is 20.2. The number of amides is 3. The van der Waals surface area contributed by atoms with Crippen molar-refractivity contribution in [3.05, 3.63) is 89.9 Å². The predicted molar refractivity (Wildman–Crippen MR) is 151 cm³/mol. The molecule has 5 rings (SSSR count). The van der Waals surface area contributed by atoms with Crippen molar-refractivity contribution in [3.8, 4) is 11.1 Å². The van der Waals surface area contributed by atoms with E-state index in [2.05, 4.69) is 10.3 Å². The van der Waals surface area contributed by atoms with E-state index in [-0.39, 0.29) is 30.8 Å². The van der Waals surface area contributed by atoms with Crippen LogP contribution in [-0.2, 0) is 27.2 Å². The molecule has 1 aliphatic heterocycles. The Morgan fingerprint density at radius 2 is 1.93 bits per heavy atom. The normalized spacial score (nSPS) is 15.7. The Kier molecular flexibility index (Phi) is 7.82. The maximum absolute atomic E-state index is 15.1. The fourth-order valence-electron chi connectivity index (χ4n) is 5.10. The average Bonchev–Trinajstić information content (AvgIpc) is 3.53. The number of carbonyl (C=O) groups is 3. The van der Waals surface area contributed by atoms with Gasteiger partial charge in [-0.1, -0.05) is 42.5 Å². The number of hydrogen-bond donors (Lipinski definition) is 3. The number of anilines is 1. The number of halogens is 1. The van der Waals surface area contributed by atoms with Gasteiger partial charge in [0.25, 0.3) is 0 Å². The van der Waals surface area contributed by atoms with Gasteiger partial charge in [0.2, 0.25) is 11.8 Å². The van der Waals surface area contributed by atoms with Crippen LogP contribution in [-0.4, -0.2) is 42.1 Å². The van der Waals surface area contributed by atoms with E-state index < -0.39 is 18.0 Å². The molecule has 2 atom stereocenters. The van der Waals surface area contributed by atoms with Crippen LogP contribution in [0.4, 0.5) is 14.9 Å². The third kappa shape index (κ3) is 5.98. The number of cyclic esters (lactones) is 1. The lowest BCUT2D eigenvalue weighted by Gasteiger charge is -2.15. The number of benzene rings is 3. The summed E-state index contributed by atoms with van der Waals surface area (Å²) in [7, 11) is 0. The number of fused-ring (bicyclic) bond motifs is 1. The highest BCUT2D eigenvalue weighted by molar-refractivity contribution is 5.90. The average molecular weight is 543 g/mol. The number of hydrogen-bond acceptors (Lipinski definition) is 4. The monoisotopic (exact) mass is 542 g/mol. The second-order valence-electron chi connectivity index (χ2n) is 10.1. The van der Waals surface area contributed by atoms with E-state index in [0.29, 0.717) is 36.1 Å². The maximum atomic E-state index is 15.1. The summed E-state index contributed by atoms with van der Waals surface area (Å²) in [6.45, 7) is 1.81. The van der Waals surface area contributed by atoms with Gasteiger partial charge < -0.3 is 20.8 Å². The second-order valence-corrected chi connectivity index (χ2v) is 10.1. The Labute approximate surface area is 231 Å².